The van der Waals surface area contributed by atoms with Gasteiger partial charge in [-0.1, -0.05) is 19.9 Å². The number of hydrogen-bond acceptors (Lipinski definition) is 3. The molecule has 0 amide bonds. The van der Waals surface area contributed by atoms with Crippen molar-refractivity contribution in [3.05, 3.63) is 12.2 Å². The van der Waals surface area contributed by atoms with Gasteiger partial charge in [-0.05, 0) is 45.1 Å². The van der Waals surface area contributed by atoms with Crippen LogP contribution in [-0.2, 0) is 14.3 Å². The Morgan fingerprint density at radius 3 is 2.67 bits per heavy atom. The average molecular weight is 252 g/mol. The van der Waals surface area contributed by atoms with E-state index in [0.717, 1.165) is 32.1 Å². The highest BCUT2D eigenvalue weighted by molar-refractivity contribution is 5.78. The Morgan fingerprint density at radius 1 is 1.33 bits per heavy atom. The van der Waals surface area contributed by atoms with Crippen LogP contribution in [0.2, 0.25) is 0 Å². The van der Waals surface area contributed by atoms with Crippen LogP contribution in [0, 0.1) is 11.8 Å². The molecule has 0 saturated carbocycles. The molecule has 3 atom stereocenters. The predicted octanol–water partition coefficient (Wildman–Crippen LogP) is 3.28. The Bertz CT molecular complexity index is 320. The van der Waals surface area contributed by atoms with Crippen molar-refractivity contribution in [2.45, 2.75) is 59.0 Å². The second-order valence-electron chi connectivity index (χ2n) is 5.18. The molecular weight excluding hydrogens is 228 g/mol. The molecule has 102 valence electrons. The largest absolute Gasteiger partial charge is 0.458 e. The number of hydrogen-bond donors (Lipinski definition) is 0. The maximum Gasteiger partial charge on any atom is 0.309 e. The van der Waals surface area contributed by atoms with E-state index in [9.17, 15) is 9.59 Å². The number of ketones is 1. The Kier molecular flexibility index (Phi) is 6.10. The lowest BCUT2D eigenvalue weighted by Crippen LogP contribution is -2.23. The summed E-state index contributed by atoms with van der Waals surface area (Å²) < 4.78 is 5.47. The molecule has 0 spiro atoms. The van der Waals surface area contributed by atoms with Crippen molar-refractivity contribution in [1.82, 2.24) is 0 Å². The van der Waals surface area contributed by atoms with E-state index in [2.05, 4.69) is 0 Å². The number of Topliss-reactive ketones (excluding diaryl/α,β-unsaturated/α-hetero) is 1. The average Bonchev–Trinajstić information content (AvgIpc) is 2.31. The summed E-state index contributed by atoms with van der Waals surface area (Å²) in [4.78, 5) is 23.1. The molecule has 0 bridgehead atoms. The number of allylic oxidation sites excluding steroid dienone is 1. The molecule has 0 aromatic carbocycles. The number of rotatable bonds is 4. The van der Waals surface area contributed by atoms with Crippen molar-refractivity contribution >= 4 is 11.8 Å². The zero-order valence-corrected chi connectivity index (χ0v) is 11.6. The normalized spacial score (nSPS) is 27.7. The molecular formula is C15H24O3. The summed E-state index contributed by atoms with van der Waals surface area (Å²) in [5.41, 5.74) is 0. The van der Waals surface area contributed by atoms with Crippen molar-refractivity contribution in [2.24, 2.45) is 11.8 Å². The van der Waals surface area contributed by atoms with Gasteiger partial charge in [-0.2, -0.15) is 0 Å². The third-order valence-corrected chi connectivity index (χ3v) is 3.69. The zero-order chi connectivity index (χ0) is 13.5. The van der Waals surface area contributed by atoms with E-state index >= 15 is 0 Å². The molecule has 1 rings (SSSR count). The van der Waals surface area contributed by atoms with Gasteiger partial charge in [0.1, 0.15) is 11.9 Å². The molecule has 0 radical (unpaired) electrons. The third-order valence-electron chi connectivity index (χ3n) is 3.69. The first-order valence-electron chi connectivity index (χ1n) is 6.92. The van der Waals surface area contributed by atoms with Gasteiger partial charge >= 0.3 is 5.97 Å². The molecule has 0 heterocycles. The number of carbonyl (C=O) groups excluding carboxylic acids is 2. The Hall–Kier alpha value is -1.12. The summed E-state index contributed by atoms with van der Waals surface area (Å²) in [6, 6.07) is 0. The molecule has 1 aliphatic carbocycles. The van der Waals surface area contributed by atoms with E-state index in [1.165, 1.54) is 0 Å². The van der Waals surface area contributed by atoms with E-state index in [1.54, 1.807) is 6.92 Å². The van der Waals surface area contributed by atoms with E-state index in [0.29, 0.717) is 0 Å². The van der Waals surface area contributed by atoms with Crippen molar-refractivity contribution in [1.29, 1.82) is 0 Å². The number of ether oxygens (including phenoxy) is 1. The highest BCUT2D eigenvalue weighted by atomic mass is 16.5. The molecule has 0 N–H and O–H groups in total. The fourth-order valence-corrected chi connectivity index (χ4v) is 2.09. The molecule has 3 nitrogen and oxygen atoms in total. The van der Waals surface area contributed by atoms with Gasteiger partial charge in [-0.15, -0.1) is 0 Å². The van der Waals surface area contributed by atoms with Gasteiger partial charge in [-0.3, -0.25) is 9.59 Å². The Labute approximate surface area is 110 Å². The molecule has 1 aliphatic rings. The highest BCUT2D eigenvalue weighted by Crippen LogP contribution is 2.22. The first kappa shape index (κ1) is 14.9. The minimum absolute atomic E-state index is 0.0487. The summed E-state index contributed by atoms with van der Waals surface area (Å²) in [6.07, 6.45) is 8.01. The van der Waals surface area contributed by atoms with E-state index in [-0.39, 0.29) is 29.7 Å². The van der Waals surface area contributed by atoms with Crippen LogP contribution in [0.3, 0.4) is 0 Å². The summed E-state index contributed by atoms with van der Waals surface area (Å²) >= 11 is 0. The predicted molar refractivity (Wildman–Crippen MR) is 71.1 cm³/mol. The van der Waals surface area contributed by atoms with Crippen molar-refractivity contribution in [2.75, 3.05) is 0 Å². The third kappa shape index (κ3) is 4.63. The monoisotopic (exact) mass is 252 g/mol. The van der Waals surface area contributed by atoms with E-state index < -0.39 is 0 Å². The van der Waals surface area contributed by atoms with Gasteiger partial charge in [0.15, 0.2) is 0 Å². The standard InChI is InChI=1S/C15H24O3/c1-4-11(2)15(17)18-14-8-6-5-7-13(9-10-14)12(3)16/h6,8,11,13-14H,4-5,7,9-10H2,1-3H3/b8-6+/t11?,13-,14?/m0/s1. The molecule has 0 aromatic heterocycles. The quantitative estimate of drug-likeness (QED) is 0.569. The van der Waals surface area contributed by atoms with Crippen LogP contribution in [0.1, 0.15) is 52.9 Å². The molecule has 18 heavy (non-hydrogen) atoms. The SMILES string of the molecule is CCC(C)C(=O)OC1/C=C/CC[C@H](C(C)=O)CC1. The lowest BCUT2D eigenvalue weighted by atomic mass is 9.90. The lowest BCUT2D eigenvalue weighted by Gasteiger charge is -2.21. The van der Waals surface area contributed by atoms with Crippen LogP contribution in [0.4, 0.5) is 0 Å². The number of esters is 1. The molecule has 0 aromatic rings. The van der Waals surface area contributed by atoms with Gasteiger partial charge in [-0.25, -0.2) is 0 Å². The van der Waals surface area contributed by atoms with E-state index in [1.807, 2.05) is 26.0 Å². The summed E-state index contributed by atoms with van der Waals surface area (Å²) in [5.74, 6) is 0.191. The minimum atomic E-state index is -0.159. The van der Waals surface area contributed by atoms with Crippen molar-refractivity contribution < 1.29 is 14.3 Å². The smallest absolute Gasteiger partial charge is 0.309 e. The van der Waals surface area contributed by atoms with Crippen molar-refractivity contribution in [3.8, 4) is 0 Å². The second kappa shape index (κ2) is 7.34. The summed E-state index contributed by atoms with van der Waals surface area (Å²) in [5, 5.41) is 0. The first-order chi connectivity index (χ1) is 8.54. The van der Waals surface area contributed by atoms with Crippen molar-refractivity contribution in [3.63, 3.8) is 0 Å². The molecule has 0 fully saturated rings. The van der Waals surface area contributed by atoms with Gasteiger partial charge in [0, 0.05) is 5.92 Å². The van der Waals surface area contributed by atoms with Crippen LogP contribution < -0.4 is 0 Å². The Balaban J connectivity index is 2.53. The fourth-order valence-electron chi connectivity index (χ4n) is 2.09. The molecule has 0 saturated heterocycles. The van der Waals surface area contributed by atoms with Crippen LogP contribution in [0.5, 0.6) is 0 Å². The van der Waals surface area contributed by atoms with Gasteiger partial charge in [0.2, 0.25) is 0 Å². The Morgan fingerprint density at radius 2 is 2.06 bits per heavy atom. The van der Waals surface area contributed by atoms with Crippen LogP contribution in [-0.4, -0.2) is 17.9 Å². The lowest BCUT2D eigenvalue weighted by molar-refractivity contribution is -0.151. The van der Waals surface area contributed by atoms with Gasteiger partial charge in [0.05, 0.1) is 5.92 Å². The maximum atomic E-state index is 11.7. The minimum Gasteiger partial charge on any atom is -0.458 e. The van der Waals surface area contributed by atoms with E-state index in [4.69, 9.17) is 4.74 Å². The van der Waals surface area contributed by atoms with Gasteiger partial charge < -0.3 is 4.74 Å². The molecule has 2 unspecified atom stereocenters. The van der Waals surface area contributed by atoms with Crippen LogP contribution in [0.15, 0.2) is 12.2 Å². The fraction of sp³-hybridized carbons (Fsp3) is 0.733. The zero-order valence-electron chi connectivity index (χ0n) is 11.6. The topological polar surface area (TPSA) is 43.4 Å². The maximum absolute atomic E-state index is 11.7. The number of carbonyl (C=O) groups is 2. The molecule has 3 heteroatoms. The summed E-state index contributed by atoms with van der Waals surface area (Å²) in [7, 11) is 0. The van der Waals surface area contributed by atoms with Crippen LogP contribution in [0.25, 0.3) is 0 Å². The summed E-state index contributed by atoms with van der Waals surface area (Å²) in [6.45, 7) is 5.51. The highest BCUT2D eigenvalue weighted by Gasteiger charge is 2.21. The molecule has 0 aliphatic heterocycles. The van der Waals surface area contributed by atoms with Gasteiger partial charge in [0.25, 0.3) is 0 Å². The second-order valence-corrected chi connectivity index (χ2v) is 5.18. The first-order valence-corrected chi connectivity index (χ1v) is 6.92. The van der Waals surface area contributed by atoms with Crippen LogP contribution >= 0.6 is 0 Å².